The first-order chi connectivity index (χ1) is 14.9. The molecule has 164 valence electrons. The Balaban J connectivity index is 1.46. The van der Waals surface area contributed by atoms with Crippen molar-refractivity contribution in [1.82, 2.24) is 15.1 Å². The standard InChI is InChI=1S/C24H29FN4O2/c1-17-9-10-18(14-22(17)29-13-11-26-24(29)31)23(30)27(2)20-7-5-12-28(16-20)15-19-6-3-4-8-21(19)25/h3-4,6,8-10,14,20H,5,7,11-13,15-16H2,1-2H3,(H,26,31)/t20-/m1/s1. The van der Waals surface area contributed by atoms with Crippen molar-refractivity contribution in [2.45, 2.75) is 32.4 Å². The number of anilines is 1. The van der Waals surface area contributed by atoms with E-state index in [4.69, 9.17) is 0 Å². The Labute approximate surface area is 182 Å². The minimum atomic E-state index is -0.188. The molecule has 6 nitrogen and oxygen atoms in total. The van der Waals surface area contributed by atoms with Crippen molar-refractivity contribution >= 4 is 17.6 Å². The molecule has 2 saturated heterocycles. The van der Waals surface area contributed by atoms with Gasteiger partial charge in [0.25, 0.3) is 5.91 Å². The third kappa shape index (κ3) is 4.56. The van der Waals surface area contributed by atoms with Crippen molar-refractivity contribution in [2.75, 3.05) is 38.1 Å². The molecule has 0 aliphatic carbocycles. The van der Waals surface area contributed by atoms with E-state index in [2.05, 4.69) is 10.2 Å². The van der Waals surface area contributed by atoms with Crippen LogP contribution in [-0.4, -0.2) is 61.0 Å². The topological polar surface area (TPSA) is 55.9 Å². The zero-order chi connectivity index (χ0) is 22.0. The lowest BCUT2D eigenvalue weighted by atomic mass is 10.0. The summed E-state index contributed by atoms with van der Waals surface area (Å²) in [6.45, 7) is 5.30. The Bertz CT molecular complexity index is 980. The molecular weight excluding hydrogens is 395 g/mol. The van der Waals surface area contributed by atoms with Gasteiger partial charge in [-0.15, -0.1) is 0 Å². The van der Waals surface area contributed by atoms with Crippen LogP contribution in [0, 0.1) is 12.7 Å². The first-order valence-electron chi connectivity index (χ1n) is 10.8. The van der Waals surface area contributed by atoms with Crippen LogP contribution in [-0.2, 0) is 6.54 Å². The molecule has 1 atom stereocenters. The van der Waals surface area contributed by atoms with Crippen molar-refractivity contribution in [3.8, 4) is 0 Å². The Morgan fingerprint density at radius 1 is 1.23 bits per heavy atom. The number of hydrogen-bond donors (Lipinski definition) is 1. The number of piperidine rings is 1. The van der Waals surface area contributed by atoms with Crippen molar-refractivity contribution in [1.29, 1.82) is 0 Å². The zero-order valence-electron chi connectivity index (χ0n) is 18.1. The third-order valence-electron chi connectivity index (χ3n) is 6.30. The summed E-state index contributed by atoms with van der Waals surface area (Å²) in [5, 5.41) is 2.81. The second-order valence-electron chi connectivity index (χ2n) is 8.42. The molecule has 2 aliphatic heterocycles. The van der Waals surface area contributed by atoms with Crippen LogP contribution < -0.4 is 10.2 Å². The first-order valence-corrected chi connectivity index (χ1v) is 10.8. The minimum absolute atomic E-state index is 0.0569. The van der Waals surface area contributed by atoms with Crippen LogP contribution in [0.1, 0.15) is 34.3 Å². The van der Waals surface area contributed by atoms with E-state index in [-0.39, 0.29) is 23.8 Å². The van der Waals surface area contributed by atoms with Crippen LogP contribution in [0.3, 0.4) is 0 Å². The molecule has 0 radical (unpaired) electrons. The summed E-state index contributed by atoms with van der Waals surface area (Å²) in [4.78, 5) is 31.0. The van der Waals surface area contributed by atoms with Crippen molar-refractivity contribution in [3.05, 3.63) is 65.0 Å². The average molecular weight is 425 g/mol. The molecule has 3 amide bonds. The largest absolute Gasteiger partial charge is 0.337 e. The Hall–Kier alpha value is -2.93. The van der Waals surface area contributed by atoms with E-state index in [1.54, 1.807) is 15.9 Å². The third-order valence-corrected chi connectivity index (χ3v) is 6.30. The normalized spacial score (nSPS) is 19.4. The SMILES string of the molecule is Cc1ccc(C(=O)N(C)[C@@H]2CCCN(Cc3ccccc3F)C2)cc1N1CCNC1=O. The molecule has 4 rings (SSSR count). The molecule has 7 heteroatoms. The van der Waals surface area contributed by atoms with Crippen molar-refractivity contribution < 1.29 is 14.0 Å². The maximum absolute atomic E-state index is 14.1. The smallest absolute Gasteiger partial charge is 0.322 e. The lowest BCUT2D eigenvalue weighted by Gasteiger charge is -2.38. The van der Waals surface area contributed by atoms with Gasteiger partial charge in [-0.1, -0.05) is 24.3 Å². The maximum Gasteiger partial charge on any atom is 0.322 e. The maximum atomic E-state index is 14.1. The highest BCUT2D eigenvalue weighted by atomic mass is 19.1. The van der Waals surface area contributed by atoms with Gasteiger partial charge >= 0.3 is 6.03 Å². The van der Waals surface area contributed by atoms with Gasteiger partial charge in [-0.25, -0.2) is 9.18 Å². The highest BCUT2D eigenvalue weighted by Crippen LogP contribution is 2.25. The van der Waals surface area contributed by atoms with E-state index in [1.165, 1.54) is 6.07 Å². The molecule has 31 heavy (non-hydrogen) atoms. The number of aryl methyl sites for hydroxylation is 1. The number of urea groups is 1. The lowest BCUT2D eigenvalue weighted by molar-refractivity contribution is 0.0608. The fraction of sp³-hybridized carbons (Fsp3) is 0.417. The number of nitrogens with one attached hydrogen (secondary N) is 1. The molecule has 2 aromatic carbocycles. The summed E-state index contributed by atoms with van der Waals surface area (Å²) >= 11 is 0. The molecule has 0 unspecified atom stereocenters. The molecule has 0 spiro atoms. The molecule has 2 aliphatic rings. The van der Waals surface area contributed by atoms with Gasteiger partial charge < -0.3 is 10.2 Å². The van der Waals surface area contributed by atoms with Crippen molar-refractivity contribution in [3.63, 3.8) is 0 Å². The van der Waals surface area contributed by atoms with Crippen LogP contribution in [0.5, 0.6) is 0 Å². The molecule has 0 bridgehead atoms. The van der Waals surface area contributed by atoms with Gasteiger partial charge in [0.15, 0.2) is 0 Å². The molecule has 0 aromatic heterocycles. The number of likely N-dealkylation sites (N-methyl/N-ethyl adjacent to an activating group) is 1. The molecule has 0 saturated carbocycles. The van der Waals surface area contributed by atoms with E-state index in [1.807, 2.05) is 44.3 Å². The number of nitrogens with zero attached hydrogens (tertiary/aromatic N) is 3. The number of halogens is 1. The molecular formula is C24H29FN4O2. The predicted octanol–water partition coefficient (Wildman–Crippen LogP) is 3.40. The fourth-order valence-electron chi connectivity index (χ4n) is 4.46. The van der Waals surface area contributed by atoms with Gasteiger partial charge in [0.1, 0.15) is 5.82 Å². The summed E-state index contributed by atoms with van der Waals surface area (Å²) in [5.74, 6) is -0.245. The fourth-order valence-corrected chi connectivity index (χ4v) is 4.46. The van der Waals surface area contributed by atoms with Crippen LogP contribution in [0.4, 0.5) is 14.9 Å². The van der Waals surface area contributed by atoms with Gasteiger partial charge in [0.05, 0.1) is 0 Å². The van der Waals surface area contributed by atoms with E-state index in [0.717, 1.165) is 30.6 Å². The minimum Gasteiger partial charge on any atom is -0.337 e. The summed E-state index contributed by atoms with van der Waals surface area (Å²) in [7, 11) is 1.84. The lowest BCUT2D eigenvalue weighted by Crippen LogP contribution is -2.48. The zero-order valence-corrected chi connectivity index (χ0v) is 18.1. The Morgan fingerprint density at radius 3 is 2.77 bits per heavy atom. The van der Waals surface area contributed by atoms with E-state index < -0.39 is 0 Å². The molecule has 2 fully saturated rings. The van der Waals surface area contributed by atoms with Gasteiger partial charge in [-0.3, -0.25) is 14.6 Å². The predicted molar refractivity (Wildman–Crippen MR) is 119 cm³/mol. The second-order valence-corrected chi connectivity index (χ2v) is 8.42. The van der Waals surface area contributed by atoms with Crippen LogP contribution >= 0.6 is 0 Å². The van der Waals surface area contributed by atoms with E-state index in [9.17, 15) is 14.0 Å². The molecule has 2 heterocycles. The van der Waals surface area contributed by atoms with Crippen LogP contribution in [0.15, 0.2) is 42.5 Å². The Kier molecular flexibility index (Phi) is 6.23. The first kappa shape index (κ1) is 21.3. The number of carbonyl (C=O) groups excluding carboxylic acids is 2. The van der Waals surface area contributed by atoms with E-state index >= 15 is 0 Å². The number of hydrogen-bond acceptors (Lipinski definition) is 3. The number of amides is 3. The molecule has 2 aromatic rings. The van der Waals surface area contributed by atoms with Gasteiger partial charge in [0.2, 0.25) is 0 Å². The summed E-state index contributed by atoms with van der Waals surface area (Å²) in [6.07, 6.45) is 1.88. The number of rotatable bonds is 5. The van der Waals surface area contributed by atoms with Gasteiger partial charge in [-0.05, 0) is 50.1 Å². The Morgan fingerprint density at radius 2 is 2.03 bits per heavy atom. The monoisotopic (exact) mass is 424 g/mol. The van der Waals surface area contributed by atoms with Gasteiger partial charge in [-0.2, -0.15) is 0 Å². The van der Waals surface area contributed by atoms with Gasteiger partial charge in [0, 0.05) is 56.1 Å². The van der Waals surface area contributed by atoms with Crippen molar-refractivity contribution in [2.24, 2.45) is 0 Å². The number of likely N-dealkylation sites (tertiary alicyclic amines) is 1. The quantitative estimate of drug-likeness (QED) is 0.801. The molecule has 1 N–H and O–H groups in total. The van der Waals surface area contributed by atoms with Crippen LogP contribution in [0.25, 0.3) is 0 Å². The summed E-state index contributed by atoms with van der Waals surface area (Å²) in [6, 6.07) is 12.3. The second kappa shape index (κ2) is 9.06. The number of carbonyl (C=O) groups is 2. The highest BCUT2D eigenvalue weighted by Gasteiger charge is 2.28. The van der Waals surface area contributed by atoms with Crippen LogP contribution in [0.2, 0.25) is 0 Å². The number of benzene rings is 2. The van der Waals surface area contributed by atoms with E-state index in [0.29, 0.717) is 37.3 Å². The summed E-state index contributed by atoms with van der Waals surface area (Å²) < 4.78 is 14.1. The summed E-state index contributed by atoms with van der Waals surface area (Å²) in [5.41, 5.74) is 3.00. The highest BCUT2D eigenvalue weighted by molar-refractivity contribution is 5.99. The average Bonchev–Trinajstić information content (AvgIpc) is 3.20.